The van der Waals surface area contributed by atoms with Gasteiger partial charge in [0, 0.05) is 6.42 Å². The molecule has 1 saturated heterocycles. The number of nitrogens with one attached hydrogen (secondary N) is 1. The summed E-state index contributed by atoms with van der Waals surface area (Å²) in [7, 11) is 0. The molecule has 1 aliphatic carbocycles. The van der Waals surface area contributed by atoms with Crippen LogP contribution in [0.2, 0.25) is 0 Å². The van der Waals surface area contributed by atoms with Crippen molar-refractivity contribution in [2.75, 3.05) is 6.54 Å². The number of imide groups is 1. The van der Waals surface area contributed by atoms with Gasteiger partial charge in [-0.1, -0.05) is 49.6 Å². The van der Waals surface area contributed by atoms with Gasteiger partial charge in [0.2, 0.25) is 17.7 Å². The summed E-state index contributed by atoms with van der Waals surface area (Å²) in [6.45, 7) is 1.72. The van der Waals surface area contributed by atoms with Crippen LogP contribution in [0, 0.1) is 5.41 Å². The normalized spacial score (nSPS) is 21.1. The molecule has 0 aromatic heterocycles. The fraction of sp³-hybridized carbons (Fsp3) is 0.526. The maximum absolute atomic E-state index is 12.7. The van der Waals surface area contributed by atoms with Crippen molar-refractivity contribution in [3.63, 3.8) is 0 Å². The molecule has 1 aromatic rings. The molecule has 24 heavy (non-hydrogen) atoms. The van der Waals surface area contributed by atoms with Crippen LogP contribution < -0.4 is 5.32 Å². The molecule has 3 amide bonds. The lowest BCUT2D eigenvalue weighted by Gasteiger charge is -2.30. The summed E-state index contributed by atoms with van der Waals surface area (Å²) in [5.41, 5.74) is 0.467. The highest BCUT2D eigenvalue weighted by Crippen LogP contribution is 2.45. The average Bonchev–Trinajstić information content (AvgIpc) is 2.80. The Balaban J connectivity index is 1.62. The van der Waals surface area contributed by atoms with E-state index in [2.05, 4.69) is 5.32 Å². The largest absolute Gasteiger partial charge is 0.348 e. The highest BCUT2D eigenvalue weighted by atomic mass is 16.2. The summed E-state index contributed by atoms with van der Waals surface area (Å²) in [6.07, 6.45) is 4.92. The van der Waals surface area contributed by atoms with Crippen LogP contribution in [0.25, 0.3) is 0 Å². The minimum absolute atomic E-state index is 0.144. The van der Waals surface area contributed by atoms with E-state index in [1.807, 2.05) is 37.3 Å². The SMILES string of the molecule is C[C@H](NC(=O)CN1C(=O)CC2(CCCCC2)C1=O)c1ccccc1. The summed E-state index contributed by atoms with van der Waals surface area (Å²) in [5.74, 6) is -0.639. The monoisotopic (exact) mass is 328 g/mol. The van der Waals surface area contributed by atoms with Gasteiger partial charge in [0.05, 0.1) is 11.5 Å². The number of nitrogens with zero attached hydrogens (tertiary/aromatic N) is 1. The van der Waals surface area contributed by atoms with Gasteiger partial charge in [0.15, 0.2) is 0 Å². The van der Waals surface area contributed by atoms with Gasteiger partial charge in [-0.25, -0.2) is 0 Å². The van der Waals surface area contributed by atoms with Crippen molar-refractivity contribution in [3.05, 3.63) is 35.9 Å². The Morgan fingerprint density at radius 2 is 1.83 bits per heavy atom. The van der Waals surface area contributed by atoms with Gasteiger partial charge >= 0.3 is 0 Å². The molecule has 0 radical (unpaired) electrons. The molecular formula is C19H24N2O3. The van der Waals surface area contributed by atoms with Gasteiger partial charge in [-0.15, -0.1) is 0 Å². The van der Waals surface area contributed by atoms with Gasteiger partial charge in [0.1, 0.15) is 6.54 Å². The summed E-state index contributed by atoms with van der Waals surface area (Å²) >= 11 is 0. The summed E-state index contributed by atoms with van der Waals surface area (Å²) in [5, 5.41) is 2.87. The lowest BCUT2D eigenvalue weighted by molar-refractivity contribution is -0.145. The number of carbonyl (C=O) groups excluding carboxylic acids is 3. The van der Waals surface area contributed by atoms with Gasteiger partial charge < -0.3 is 5.32 Å². The molecule has 2 fully saturated rings. The molecule has 1 N–H and O–H groups in total. The smallest absolute Gasteiger partial charge is 0.240 e. The van der Waals surface area contributed by atoms with E-state index in [1.165, 1.54) is 4.90 Å². The van der Waals surface area contributed by atoms with E-state index in [1.54, 1.807) is 0 Å². The zero-order valence-corrected chi connectivity index (χ0v) is 14.1. The molecule has 5 heteroatoms. The predicted octanol–water partition coefficient (Wildman–Crippen LogP) is 2.57. The number of hydrogen-bond donors (Lipinski definition) is 1. The lowest BCUT2D eigenvalue weighted by Crippen LogP contribution is -2.43. The molecule has 1 spiro atoms. The highest BCUT2D eigenvalue weighted by Gasteiger charge is 2.51. The zero-order valence-electron chi connectivity index (χ0n) is 14.1. The van der Waals surface area contributed by atoms with Crippen LogP contribution in [-0.4, -0.2) is 29.2 Å². The van der Waals surface area contributed by atoms with E-state index >= 15 is 0 Å². The van der Waals surface area contributed by atoms with Gasteiger partial charge in [0.25, 0.3) is 0 Å². The zero-order chi connectivity index (χ0) is 17.2. The molecular weight excluding hydrogens is 304 g/mol. The Kier molecular flexibility index (Phi) is 4.69. The van der Waals surface area contributed by atoms with Crippen molar-refractivity contribution in [2.45, 2.75) is 51.5 Å². The van der Waals surface area contributed by atoms with E-state index < -0.39 is 5.41 Å². The van der Waals surface area contributed by atoms with Crippen molar-refractivity contribution in [1.82, 2.24) is 10.2 Å². The van der Waals surface area contributed by atoms with Crippen molar-refractivity contribution in [3.8, 4) is 0 Å². The number of benzene rings is 1. The molecule has 1 atom stereocenters. The van der Waals surface area contributed by atoms with E-state index in [0.29, 0.717) is 0 Å². The van der Waals surface area contributed by atoms with Crippen LogP contribution >= 0.6 is 0 Å². The topological polar surface area (TPSA) is 66.5 Å². The Morgan fingerprint density at radius 1 is 1.17 bits per heavy atom. The number of carbonyl (C=O) groups is 3. The van der Waals surface area contributed by atoms with Crippen molar-refractivity contribution >= 4 is 17.7 Å². The van der Waals surface area contributed by atoms with Crippen LogP contribution in [0.4, 0.5) is 0 Å². The highest BCUT2D eigenvalue weighted by molar-refractivity contribution is 6.08. The first kappa shape index (κ1) is 16.7. The first-order valence-corrected chi connectivity index (χ1v) is 8.71. The molecule has 0 unspecified atom stereocenters. The van der Waals surface area contributed by atoms with Gasteiger partial charge in [-0.3, -0.25) is 19.3 Å². The first-order chi connectivity index (χ1) is 11.5. The lowest BCUT2D eigenvalue weighted by atomic mass is 9.73. The Bertz CT molecular complexity index is 635. The molecule has 3 rings (SSSR count). The average molecular weight is 328 g/mol. The fourth-order valence-corrected chi connectivity index (χ4v) is 3.90. The number of rotatable bonds is 4. The van der Waals surface area contributed by atoms with Gasteiger partial charge in [-0.05, 0) is 25.3 Å². The maximum Gasteiger partial charge on any atom is 0.240 e. The first-order valence-electron chi connectivity index (χ1n) is 8.71. The Morgan fingerprint density at radius 3 is 2.50 bits per heavy atom. The van der Waals surface area contributed by atoms with E-state index in [4.69, 9.17) is 0 Å². The molecule has 1 aliphatic heterocycles. The van der Waals surface area contributed by atoms with Crippen molar-refractivity contribution in [1.29, 1.82) is 0 Å². The predicted molar refractivity (Wildman–Crippen MR) is 89.9 cm³/mol. The second-order valence-electron chi connectivity index (χ2n) is 7.00. The summed E-state index contributed by atoms with van der Waals surface area (Å²) < 4.78 is 0. The van der Waals surface area contributed by atoms with Crippen LogP contribution in [0.3, 0.4) is 0 Å². The molecule has 128 valence electrons. The minimum atomic E-state index is -0.527. The van der Waals surface area contributed by atoms with Crippen LogP contribution in [0.15, 0.2) is 30.3 Å². The molecule has 2 aliphatic rings. The van der Waals surface area contributed by atoms with E-state index in [9.17, 15) is 14.4 Å². The third-order valence-electron chi connectivity index (χ3n) is 5.28. The third kappa shape index (κ3) is 3.21. The molecule has 0 bridgehead atoms. The molecule has 1 aromatic carbocycles. The standard InChI is InChI=1S/C19H24N2O3/c1-14(15-8-4-2-5-9-15)20-16(22)13-21-17(23)12-19(18(21)24)10-6-3-7-11-19/h2,4-5,8-9,14H,3,6-7,10-13H2,1H3,(H,20,22)/t14-/m0/s1. The molecule has 5 nitrogen and oxygen atoms in total. The van der Waals surface area contributed by atoms with Crippen LogP contribution in [0.5, 0.6) is 0 Å². The second kappa shape index (κ2) is 6.75. The second-order valence-corrected chi connectivity index (χ2v) is 7.00. The fourth-order valence-electron chi connectivity index (χ4n) is 3.90. The van der Waals surface area contributed by atoms with E-state index in [-0.39, 0.29) is 36.7 Å². The van der Waals surface area contributed by atoms with Gasteiger partial charge in [-0.2, -0.15) is 0 Å². The van der Waals surface area contributed by atoms with Crippen molar-refractivity contribution in [2.24, 2.45) is 5.41 Å². The number of hydrogen-bond acceptors (Lipinski definition) is 3. The Hall–Kier alpha value is -2.17. The Labute approximate surface area is 142 Å². The third-order valence-corrected chi connectivity index (χ3v) is 5.28. The minimum Gasteiger partial charge on any atom is -0.348 e. The molecule has 1 heterocycles. The van der Waals surface area contributed by atoms with E-state index in [0.717, 1.165) is 37.7 Å². The molecule has 1 saturated carbocycles. The van der Waals surface area contributed by atoms with Crippen LogP contribution in [-0.2, 0) is 14.4 Å². The maximum atomic E-state index is 12.7. The van der Waals surface area contributed by atoms with Crippen LogP contribution in [0.1, 0.15) is 57.1 Å². The number of amides is 3. The quantitative estimate of drug-likeness (QED) is 0.864. The van der Waals surface area contributed by atoms with Crippen molar-refractivity contribution < 1.29 is 14.4 Å². The summed E-state index contributed by atoms with van der Waals surface area (Å²) in [6, 6.07) is 9.47. The summed E-state index contributed by atoms with van der Waals surface area (Å²) in [4.78, 5) is 38.4. The number of likely N-dealkylation sites (tertiary alicyclic amines) is 1.